The number of hydrogen-bond acceptors (Lipinski definition) is 5. The molecule has 3 atom stereocenters. The summed E-state index contributed by atoms with van der Waals surface area (Å²) in [6.07, 6.45) is 4.59. The molecule has 0 saturated carbocycles. The van der Waals surface area contributed by atoms with Crippen LogP contribution in [-0.2, 0) is 20.7 Å². The van der Waals surface area contributed by atoms with Crippen molar-refractivity contribution < 1.29 is 23.9 Å². The standard InChI is InChI=1S/C32H40O5/c1-6-9-23(26(7-2)29(34)14-21(4)33)15-22-16-28-27(13-12-20(3)32(28)30(35)17-22)24-10-8-11-25(18-24)31(36)19-37-5/h8,10-13,18,22-23,26H,6-7,9,14-17,19H2,1-5H3. The Kier molecular flexibility index (Phi) is 10.1. The Morgan fingerprint density at radius 1 is 1.08 bits per heavy atom. The monoisotopic (exact) mass is 504 g/mol. The Bertz CT molecular complexity index is 1160. The van der Waals surface area contributed by atoms with E-state index in [0.29, 0.717) is 18.4 Å². The van der Waals surface area contributed by atoms with Crippen LogP contribution in [0.1, 0.15) is 91.1 Å². The van der Waals surface area contributed by atoms with Gasteiger partial charge in [0.05, 0.1) is 6.42 Å². The molecule has 2 aromatic rings. The van der Waals surface area contributed by atoms with Crippen molar-refractivity contribution in [2.45, 2.75) is 72.6 Å². The van der Waals surface area contributed by atoms with E-state index in [1.54, 1.807) is 6.07 Å². The Morgan fingerprint density at radius 3 is 2.49 bits per heavy atom. The summed E-state index contributed by atoms with van der Waals surface area (Å²) in [5.74, 6) is 0.148. The molecule has 0 radical (unpaired) electrons. The van der Waals surface area contributed by atoms with Crippen LogP contribution in [0.4, 0.5) is 0 Å². The van der Waals surface area contributed by atoms with Gasteiger partial charge >= 0.3 is 0 Å². The second-order valence-corrected chi connectivity index (χ2v) is 10.6. The van der Waals surface area contributed by atoms with Gasteiger partial charge in [0.1, 0.15) is 18.2 Å². The molecule has 0 saturated heterocycles. The highest BCUT2D eigenvalue weighted by atomic mass is 16.5. The summed E-state index contributed by atoms with van der Waals surface area (Å²) >= 11 is 0. The van der Waals surface area contributed by atoms with Gasteiger partial charge in [-0.3, -0.25) is 19.2 Å². The van der Waals surface area contributed by atoms with E-state index in [-0.39, 0.29) is 53.9 Å². The van der Waals surface area contributed by atoms with E-state index in [1.165, 1.54) is 14.0 Å². The first-order valence-electron chi connectivity index (χ1n) is 13.5. The van der Waals surface area contributed by atoms with Crippen LogP contribution in [0.5, 0.6) is 0 Å². The third-order valence-corrected chi connectivity index (χ3v) is 7.68. The highest BCUT2D eigenvalue weighted by Gasteiger charge is 2.34. The van der Waals surface area contributed by atoms with Crippen LogP contribution in [0.25, 0.3) is 11.1 Å². The number of benzene rings is 2. The predicted octanol–water partition coefficient (Wildman–Crippen LogP) is 6.62. The number of fused-ring (bicyclic) bond motifs is 1. The van der Waals surface area contributed by atoms with Crippen molar-refractivity contribution in [2.24, 2.45) is 17.8 Å². The van der Waals surface area contributed by atoms with Gasteiger partial charge in [0.2, 0.25) is 0 Å². The molecule has 198 valence electrons. The summed E-state index contributed by atoms with van der Waals surface area (Å²) in [4.78, 5) is 50.4. The lowest BCUT2D eigenvalue weighted by Gasteiger charge is -2.32. The molecule has 0 spiro atoms. The first-order chi connectivity index (χ1) is 17.7. The van der Waals surface area contributed by atoms with Crippen molar-refractivity contribution in [3.05, 3.63) is 58.7 Å². The van der Waals surface area contributed by atoms with Crippen LogP contribution in [-0.4, -0.2) is 36.8 Å². The second kappa shape index (κ2) is 13.0. The first-order valence-corrected chi connectivity index (χ1v) is 13.5. The lowest BCUT2D eigenvalue weighted by molar-refractivity contribution is -0.129. The molecule has 3 unspecified atom stereocenters. The lowest BCUT2D eigenvalue weighted by atomic mass is 9.71. The Morgan fingerprint density at radius 2 is 1.84 bits per heavy atom. The highest BCUT2D eigenvalue weighted by Crippen LogP contribution is 2.40. The zero-order valence-corrected chi connectivity index (χ0v) is 22.9. The summed E-state index contributed by atoms with van der Waals surface area (Å²) < 4.78 is 5.02. The molecule has 1 aliphatic rings. The maximum atomic E-state index is 13.4. The average Bonchev–Trinajstić information content (AvgIpc) is 2.84. The lowest BCUT2D eigenvalue weighted by Crippen LogP contribution is -2.30. The molecular weight excluding hydrogens is 464 g/mol. The van der Waals surface area contributed by atoms with E-state index in [9.17, 15) is 19.2 Å². The minimum Gasteiger partial charge on any atom is -0.377 e. The minimum atomic E-state index is -0.152. The zero-order valence-electron chi connectivity index (χ0n) is 22.9. The molecule has 0 amide bonds. The number of Topliss-reactive ketones (excluding diaryl/α,β-unsaturated/α-hetero) is 4. The molecule has 0 N–H and O–H groups in total. The molecule has 0 aliphatic heterocycles. The zero-order chi connectivity index (χ0) is 27.1. The van der Waals surface area contributed by atoms with Crippen molar-refractivity contribution in [3.63, 3.8) is 0 Å². The average molecular weight is 505 g/mol. The van der Waals surface area contributed by atoms with Gasteiger partial charge in [0, 0.05) is 30.6 Å². The molecule has 0 aromatic heterocycles. The molecule has 3 rings (SSSR count). The molecule has 0 heterocycles. The fourth-order valence-corrected chi connectivity index (χ4v) is 6.08. The number of rotatable bonds is 13. The minimum absolute atomic E-state index is 0.00732. The van der Waals surface area contributed by atoms with Crippen LogP contribution < -0.4 is 0 Å². The maximum Gasteiger partial charge on any atom is 0.188 e. The number of ether oxygens (including phenoxy) is 1. The normalized spacial score (nSPS) is 16.7. The summed E-state index contributed by atoms with van der Waals surface area (Å²) in [5.41, 5.74) is 5.30. The Balaban J connectivity index is 1.95. The molecule has 5 heteroatoms. The largest absolute Gasteiger partial charge is 0.377 e. The summed E-state index contributed by atoms with van der Waals surface area (Å²) in [7, 11) is 1.51. The fraction of sp³-hybridized carbons (Fsp3) is 0.500. The Labute approximate surface area is 221 Å². The van der Waals surface area contributed by atoms with Crippen LogP contribution in [0, 0.1) is 24.7 Å². The molecule has 2 aromatic carbocycles. The summed E-state index contributed by atoms with van der Waals surface area (Å²) in [5, 5.41) is 0. The van der Waals surface area contributed by atoms with E-state index in [1.807, 2.05) is 38.1 Å². The smallest absolute Gasteiger partial charge is 0.188 e. The number of carbonyl (C=O) groups excluding carboxylic acids is 4. The SMILES string of the molecule is CCCC(CC1CC(=O)c2c(C)ccc(-c3cccc(C(=O)COC)c3)c2C1)C(CC)C(=O)CC(C)=O. The fourth-order valence-electron chi connectivity index (χ4n) is 6.08. The summed E-state index contributed by atoms with van der Waals surface area (Å²) in [6.45, 7) is 7.61. The van der Waals surface area contributed by atoms with Gasteiger partial charge in [-0.15, -0.1) is 0 Å². The van der Waals surface area contributed by atoms with Gasteiger partial charge in [-0.25, -0.2) is 0 Å². The number of carbonyl (C=O) groups is 4. The van der Waals surface area contributed by atoms with Gasteiger partial charge in [0.25, 0.3) is 0 Å². The Hall–Kier alpha value is -2.92. The number of methoxy groups -OCH3 is 1. The predicted molar refractivity (Wildman–Crippen MR) is 146 cm³/mol. The number of aryl methyl sites for hydroxylation is 1. The van der Waals surface area contributed by atoms with Crippen LogP contribution >= 0.6 is 0 Å². The first kappa shape index (κ1) is 28.6. The van der Waals surface area contributed by atoms with E-state index >= 15 is 0 Å². The van der Waals surface area contributed by atoms with Crippen molar-refractivity contribution in [1.82, 2.24) is 0 Å². The highest BCUT2D eigenvalue weighted by molar-refractivity contribution is 6.03. The molecule has 0 fully saturated rings. The van der Waals surface area contributed by atoms with Crippen LogP contribution in [0.3, 0.4) is 0 Å². The van der Waals surface area contributed by atoms with Crippen molar-refractivity contribution in [3.8, 4) is 11.1 Å². The van der Waals surface area contributed by atoms with Crippen molar-refractivity contribution >= 4 is 23.1 Å². The second-order valence-electron chi connectivity index (χ2n) is 10.6. The molecular formula is C32H40O5. The van der Waals surface area contributed by atoms with E-state index in [2.05, 4.69) is 13.0 Å². The van der Waals surface area contributed by atoms with E-state index in [4.69, 9.17) is 4.74 Å². The number of ketones is 4. The van der Waals surface area contributed by atoms with Crippen molar-refractivity contribution in [1.29, 1.82) is 0 Å². The van der Waals surface area contributed by atoms with Gasteiger partial charge in [-0.2, -0.15) is 0 Å². The molecule has 37 heavy (non-hydrogen) atoms. The number of hydrogen-bond donors (Lipinski definition) is 0. The van der Waals surface area contributed by atoms with Gasteiger partial charge in [0.15, 0.2) is 11.6 Å². The van der Waals surface area contributed by atoms with Gasteiger partial charge in [-0.05, 0) is 73.3 Å². The van der Waals surface area contributed by atoms with E-state index < -0.39 is 0 Å². The molecule has 1 aliphatic carbocycles. The van der Waals surface area contributed by atoms with Gasteiger partial charge in [-0.1, -0.05) is 57.0 Å². The third-order valence-electron chi connectivity index (χ3n) is 7.68. The van der Waals surface area contributed by atoms with Crippen LogP contribution in [0.2, 0.25) is 0 Å². The van der Waals surface area contributed by atoms with Crippen LogP contribution in [0.15, 0.2) is 36.4 Å². The molecule has 5 nitrogen and oxygen atoms in total. The quantitative estimate of drug-likeness (QED) is 0.226. The van der Waals surface area contributed by atoms with Crippen molar-refractivity contribution in [2.75, 3.05) is 13.7 Å². The van der Waals surface area contributed by atoms with Gasteiger partial charge < -0.3 is 4.74 Å². The summed E-state index contributed by atoms with van der Waals surface area (Å²) in [6, 6.07) is 11.6. The molecule has 0 bridgehead atoms. The maximum absolute atomic E-state index is 13.4. The third kappa shape index (κ3) is 6.89. The van der Waals surface area contributed by atoms with E-state index in [0.717, 1.165) is 53.5 Å². The topological polar surface area (TPSA) is 77.5 Å².